The van der Waals surface area contributed by atoms with Crippen LogP contribution in [-0.2, 0) is 11.3 Å². The van der Waals surface area contributed by atoms with Crippen LogP contribution in [0.5, 0.6) is 5.75 Å². The highest BCUT2D eigenvalue weighted by molar-refractivity contribution is 5.81. The van der Waals surface area contributed by atoms with Crippen LogP contribution in [0.15, 0.2) is 24.3 Å². The summed E-state index contributed by atoms with van der Waals surface area (Å²) in [5, 5.41) is 2.61. The standard InChI is InChI=1S/C15H19F3N2O2/c1-19-14(21)12-7-4-5-9-20(12)10-11-6-2-3-8-13(11)22-15(16,17)18/h2-3,6,8,12H,4-5,7,9-10H2,1H3,(H,19,21)/t12-/m1/s1. The van der Waals surface area contributed by atoms with Crippen molar-refractivity contribution in [3.05, 3.63) is 29.8 Å². The van der Waals surface area contributed by atoms with Crippen molar-refractivity contribution in [2.75, 3.05) is 13.6 Å². The first-order valence-electron chi connectivity index (χ1n) is 7.20. The number of carbonyl (C=O) groups excluding carboxylic acids is 1. The molecule has 0 bridgehead atoms. The molecule has 1 heterocycles. The molecule has 1 amide bonds. The lowest BCUT2D eigenvalue weighted by Crippen LogP contribution is -2.48. The van der Waals surface area contributed by atoms with Gasteiger partial charge in [-0.2, -0.15) is 0 Å². The highest BCUT2D eigenvalue weighted by atomic mass is 19.4. The number of carbonyl (C=O) groups is 1. The van der Waals surface area contributed by atoms with Gasteiger partial charge in [0.15, 0.2) is 0 Å². The maximum absolute atomic E-state index is 12.5. The number of nitrogens with one attached hydrogen (secondary N) is 1. The SMILES string of the molecule is CNC(=O)[C@H]1CCCCN1Cc1ccccc1OC(F)(F)F. The summed E-state index contributed by atoms with van der Waals surface area (Å²) in [5.74, 6) is -0.315. The van der Waals surface area contributed by atoms with Crippen LogP contribution in [0.4, 0.5) is 13.2 Å². The second-order valence-electron chi connectivity index (χ2n) is 5.25. The zero-order valence-corrected chi connectivity index (χ0v) is 12.3. The Morgan fingerprint density at radius 1 is 1.36 bits per heavy atom. The highest BCUT2D eigenvalue weighted by Crippen LogP contribution is 2.29. The molecule has 0 radical (unpaired) electrons. The molecule has 2 rings (SSSR count). The van der Waals surface area contributed by atoms with E-state index in [-0.39, 0.29) is 24.2 Å². The van der Waals surface area contributed by atoms with E-state index in [2.05, 4.69) is 10.1 Å². The predicted molar refractivity (Wildman–Crippen MR) is 75.2 cm³/mol. The average molecular weight is 316 g/mol. The van der Waals surface area contributed by atoms with Gasteiger partial charge in [-0.05, 0) is 25.5 Å². The van der Waals surface area contributed by atoms with Gasteiger partial charge in [-0.15, -0.1) is 13.2 Å². The van der Waals surface area contributed by atoms with Crippen molar-refractivity contribution in [1.82, 2.24) is 10.2 Å². The van der Waals surface area contributed by atoms with Crippen LogP contribution >= 0.6 is 0 Å². The van der Waals surface area contributed by atoms with E-state index in [1.807, 2.05) is 4.90 Å². The zero-order chi connectivity index (χ0) is 16.2. The van der Waals surface area contributed by atoms with Crippen LogP contribution < -0.4 is 10.1 Å². The van der Waals surface area contributed by atoms with Gasteiger partial charge in [0, 0.05) is 19.2 Å². The topological polar surface area (TPSA) is 41.6 Å². The second kappa shape index (κ2) is 7.00. The molecule has 0 aromatic heterocycles. The summed E-state index contributed by atoms with van der Waals surface area (Å²) < 4.78 is 41.4. The van der Waals surface area contributed by atoms with Crippen LogP contribution in [0.3, 0.4) is 0 Å². The Labute approximate surface area is 127 Å². The molecule has 1 fully saturated rings. The summed E-state index contributed by atoms with van der Waals surface area (Å²) in [4.78, 5) is 13.8. The lowest BCUT2D eigenvalue weighted by atomic mass is 10.0. The number of amides is 1. The number of rotatable bonds is 4. The first-order chi connectivity index (χ1) is 10.4. The summed E-state index contributed by atoms with van der Waals surface area (Å²) in [7, 11) is 1.57. The van der Waals surface area contributed by atoms with Crippen molar-refractivity contribution in [2.24, 2.45) is 0 Å². The van der Waals surface area contributed by atoms with Crippen molar-refractivity contribution >= 4 is 5.91 Å². The first-order valence-corrected chi connectivity index (χ1v) is 7.20. The maximum Gasteiger partial charge on any atom is 0.573 e. The van der Waals surface area contributed by atoms with Gasteiger partial charge in [0.2, 0.25) is 5.91 Å². The largest absolute Gasteiger partial charge is 0.573 e. The zero-order valence-electron chi connectivity index (χ0n) is 12.3. The van der Waals surface area contributed by atoms with E-state index in [9.17, 15) is 18.0 Å². The summed E-state index contributed by atoms with van der Waals surface area (Å²) in [5.41, 5.74) is 0.427. The molecule has 122 valence electrons. The van der Waals surface area contributed by atoms with Gasteiger partial charge in [-0.3, -0.25) is 9.69 Å². The van der Waals surface area contributed by atoms with Crippen molar-refractivity contribution in [2.45, 2.75) is 38.2 Å². The average Bonchev–Trinajstić information content (AvgIpc) is 2.47. The molecular weight excluding hydrogens is 297 g/mol. The van der Waals surface area contributed by atoms with E-state index in [0.29, 0.717) is 18.5 Å². The molecule has 1 aliphatic heterocycles. The van der Waals surface area contributed by atoms with E-state index in [1.54, 1.807) is 19.2 Å². The summed E-state index contributed by atoms with van der Waals surface area (Å²) >= 11 is 0. The Bertz CT molecular complexity index is 520. The van der Waals surface area contributed by atoms with Crippen molar-refractivity contribution in [3.63, 3.8) is 0 Å². The van der Waals surface area contributed by atoms with Gasteiger partial charge in [-0.25, -0.2) is 0 Å². The summed E-state index contributed by atoms with van der Waals surface area (Å²) in [6.45, 7) is 0.933. The minimum atomic E-state index is -4.72. The quantitative estimate of drug-likeness (QED) is 0.928. The fourth-order valence-corrected chi connectivity index (χ4v) is 2.72. The monoisotopic (exact) mass is 316 g/mol. The smallest absolute Gasteiger partial charge is 0.405 e. The van der Waals surface area contributed by atoms with Gasteiger partial charge in [0.25, 0.3) is 0 Å². The predicted octanol–water partition coefficient (Wildman–Crippen LogP) is 2.69. The number of halogens is 3. The normalized spacial score (nSPS) is 19.7. The first kappa shape index (κ1) is 16.6. The number of hydrogen-bond acceptors (Lipinski definition) is 3. The number of nitrogens with zero attached hydrogens (tertiary/aromatic N) is 1. The molecule has 1 N–H and O–H groups in total. The molecule has 1 saturated heterocycles. The number of likely N-dealkylation sites (N-methyl/N-ethyl adjacent to an activating group) is 1. The lowest BCUT2D eigenvalue weighted by Gasteiger charge is -2.34. The maximum atomic E-state index is 12.5. The molecule has 7 heteroatoms. The van der Waals surface area contributed by atoms with E-state index >= 15 is 0 Å². The number of hydrogen-bond donors (Lipinski definition) is 1. The number of para-hydroxylation sites is 1. The Hall–Kier alpha value is -1.76. The third-order valence-electron chi connectivity index (χ3n) is 3.73. The number of piperidine rings is 1. The van der Waals surface area contributed by atoms with Crippen LogP contribution in [0.1, 0.15) is 24.8 Å². The lowest BCUT2D eigenvalue weighted by molar-refractivity contribution is -0.275. The van der Waals surface area contributed by atoms with E-state index in [1.165, 1.54) is 12.1 Å². The van der Waals surface area contributed by atoms with E-state index < -0.39 is 6.36 Å². The van der Waals surface area contributed by atoms with Crippen molar-refractivity contribution in [1.29, 1.82) is 0 Å². The number of alkyl halides is 3. The fourth-order valence-electron chi connectivity index (χ4n) is 2.72. The Kier molecular flexibility index (Phi) is 5.28. The summed E-state index contributed by atoms with van der Waals surface area (Å²) in [6.07, 6.45) is -2.15. The van der Waals surface area contributed by atoms with Gasteiger partial charge in [0.05, 0.1) is 6.04 Å². The van der Waals surface area contributed by atoms with E-state index in [0.717, 1.165) is 12.8 Å². The van der Waals surface area contributed by atoms with Crippen molar-refractivity contribution < 1.29 is 22.7 Å². The number of ether oxygens (including phenoxy) is 1. The van der Waals surface area contributed by atoms with E-state index in [4.69, 9.17) is 0 Å². The van der Waals surface area contributed by atoms with Gasteiger partial charge >= 0.3 is 6.36 Å². The molecule has 0 aliphatic carbocycles. The highest BCUT2D eigenvalue weighted by Gasteiger charge is 2.33. The third kappa shape index (κ3) is 4.37. The molecule has 1 aliphatic rings. The Morgan fingerprint density at radius 2 is 2.09 bits per heavy atom. The van der Waals surface area contributed by atoms with Crippen LogP contribution in [0.2, 0.25) is 0 Å². The minimum Gasteiger partial charge on any atom is -0.405 e. The van der Waals surface area contributed by atoms with Gasteiger partial charge in [-0.1, -0.05) is 24.6 Å². The molecule has 1 atom stereocenters. The van der Waals surface area contributed by atoms with Crippen LogP contribution in [0, 0.1) is 0 Å². The fraction of sp³-hybridized carbons (Fsp3) is 0.533. The molecule has 1 aromatic rings. The molecule has 0 saturated carbocycles. The number of likely N-dealkylation sites (tertiary alicyclic amines) is 1. The number of benzene rings is 1. The second-order valence-corrected chi connectivity index (χ2v) is 5.25. The van der Waals surface area contributed by atoms with Gasteiger partial charge in [0.1, 0.15) is 5.75 Å². The van der Waals surface area contributed by atoms with Gasteiger partial charge < -0.3 is 10.1 Å². The summed E-state index contributed by atoms with van der Waals surface area (Å²) in [6, 6.07) is 5.74. The Morgan fingerprint density at radius 3 is 2.77 bits per heavy atom. The molecule has 0 spiro atoms. The Balaban J connectivity index is 2.16. The van der Waals surface area contributed by atoms with Crippen LogP contribution in [0.25, 0.3) is 0 Å². The molecule has 4 nitrogen and oxygen atoms in total. The molecule has 1 aromatic carbocycles. The molecule has 22 heavy (non-hydrogen) atoms. The third-order valence-corrected chi connectivity index (χ3v) is 3.73. The van der Waals surface area contributed by atoms with Crippen molar-refractivity contribution in [3.8, 4) is 5.75 Å². The minimum absolute atomic E-state index is 0.103. The molecular formula is C15H19F3N2O2. The molecule has 0 unspecified atom stereocenters. The van der Waals surface area contributed by atoms with Crippen LogP contribution in [-0.4, -0.2) is 36.8 Å².